The minimum absolute atomic E-state index is 0.0431. The number of rotatable bonds is 5. The Hall–Kier alpha value is -1.83. The first-order valence-electron chi connectivity index (χ1n) is 7.94. The van der Waals surface area contributed by atoms with E-state index < -0.39 is 17.7 Å². The Bertz CT molecular complexity index is 741. The minimum Gasteiger partial charge on any atom is -0.497 e. The van der Waals surface area contributed by atoms with Gasteiger partial charge in [0.05, 0.1) is 19.4 Å². The number of methoxy groups -OCH3 is 1. The molecule has 3 N–H and O–H groups in total. The maximum Gasteiger partial charge on any atom is 0.153 e. The molecule has 2 heterocycles. The number of aliphatic hydroxyl groups is 1. The van der Waals surface area contributed by atoms with Crippen LogP contribution in [0, 0.1) is 17.6 Å². The van der Waals surface area contributed by atoms with Crippen molar-refractivity contribution in [3.63, 3.8) is 0 Å². The number of ether oxygens (including phenoxy) is 1. The third-order valence-corrected chi connectivity index (χ3v) is 4.66. The highest BCUT2D eigenvalue weighted by Gasteiger charge is 2.30. The molecule has 0 saturated carbocycles. The Morgan fingerprint density at radius 2 is 2.12 bits per heavy atom. The highest BCUT2D eigenvalue weighted by molar-refractivity contribution is 5.84. The second-order valence-corrected chi connectivity index (χ2v) is 6.16. The third-order valence-electron chi connectivity index (χ3n) is 4.66. The molecule has 0 aliphatic carbocycles. The zero-order valence-electron chi connectivity index (χ0n) is 13.5. The molecule has 2 aromatic rings. The molecule has 3 rings (SSSR count). The zero-order valence-corrected chi connectivity index (χ0v) is 13.5. The molecule has 1 fully saturated rings. The average Bonchev–Trinajstić information content (AvgIpc) is 2.93. The molecule has 0 bridgehead atoms. The zero-order chi connectivity index (χ0) is 17.3. The normalized spacial score (nSPS) is 21.5. The van der Waals surface area contributed by atoms with Crippen LogP contribution in [0.4, 0.5) is 8.78 Å². The maximum atomic E-state index is 14.3. The molecule has 1 aliphatic heterocycles. The van der Waals surface area contributed by atoms with Gasteiger partial charge in [-0.2, -0.15) is 0 Å². The summed E-state index contributed by atoms with van der Waals surface area (Å²) in [5, 5.41) is 10.3. The van der Waals surface area contributed by atoms with Crippen molar-refractivity contribution in [2.45, 2.75) is 12.5 Å². The van der Waals surface area contributed by atoms with Crippen molar-refractivity contribution in [1.29, 1.82) is 0 Å². The third kappa shape index (κ3) is 3.19. The van der Waals surface area contributed by atoms with Gasteiger partial charge in [0, 0.05) is 42.6 Å². The van der Waals surface area contributed by atoms with Gasteiger partial charge in [-0.25, -0.2) is 8.78 Å². The summed E-state index contributed by atoms with van der Waals surface area (Å²) in [6.07, 6.45) is 0.988. The van der Waals surface area contributed by atoms with E-state index in [0.717, 1.165) is 6.20 Å². The van der Waals surface area contributed by atoms with Crippen molar-refractivity contribution in [1.82, 2.24) is 9.88 Å². The van der Waals surface area contributed by atoms with Gasteiger partial charge in [-0.05, 0) is 19.0 Å². The molecular formula is C17H21F2N3O2. The van der Waals surface area contributed by atoms with Crippen LogP contribution in [0.1, 0.15) is 5.56 Å². The van der Waals surface area contributed by atoms with E-state index in [1.54, 1.807) is 6.07 Å². The van der Waals surface area contributed by atoms with E-state index in [-0.39, 0.29) is 11.4 Å². The number of nitrogens with two attached hydrogens (primary N) is 1. The number of hydrogen-bond acceptors (Lipinski definition) is 5. The molecule has 1 aliphatic rings. The van der Waals surface area contributed by atoms with Crippen molar-refractivity contribution in [3.8, 4) is 5.75 Å². The van der Waals surface area contributed by atoms with Crippen LogP contribution in [-0.4, -0.2) is 54.4 Å². The monoisotopic (exact) mass is 337 g/mol. The summed E-state index contributed by atoms with van der Waals surface area (Å²) in [6, 6.07) is 2.84. The Morgan fingerprint density at radius 1 is 1.33 bits per heavy atom. The molecule has 0 unspecified atom stereocenters. The molecule has 1 saturated heterocycles. The number of fused-ring (bicyclic) bond motifs is 1. The maximum absolute atomic E-state index is 14.3. The van der Waals surface area contributed by atoms with Crippen LogP contribution in [0.25, 0.3) is 10.9 Å². The summed E-state index contributed by atoms with van der Waals surface area (Å²) in [4.78, 5) is 5.90. The highest BCUT2D eigenvalue weighted by atomic mass is 19.1. The van der Waals surface area contributed by atoms with Crippen molar-refractivity contribution in [2.24, 2.45) is 11.7 Å². The van der Waals surface area contributed by atoms with E-state index in [9.17, 15) is 13.9 Å². The highest BCUT2D eigenvalue weighted by Crippen LogP contribution is 2.28. The lowest BCUT2D eigenvalue weighted by Gasteiger charge is -2.16. The van der Waals surface area contributed by atoms with E-state index in [1.807, 2.05) is 4.90 Å². The fourth-order valence-corrected chi connectivity index (χ4v) is 3.26. The fourth-order valence-electron chi connectivity index (χ4n) is 3.26. The topological polar surface area (TPSA) is 71.6 Å². The van der Waals surface area contributed by atoms with Gasteiger partial charge in [0.1, 0.15) is 17.1 Å². The van der Waals surface area contributed by atoms with Gasteiger partial charge in [0.2, 0.25) is 0 Å². The van der Waals surface area contributed by atoms with Crippen LogP contribution in [0.15, 0.2) is 18.3 Å². The second kappa shape index (κ2) is 6.96. The summed E-state index contributed by atoms with van der Waals surface area (Å²) >= 11 is 0. The fraction of sp³-hybridized carbons (Fsp3) is 0.471. The SMILES string of the molecule is COc1cc(F)c2ncc(F)c(CCN3C[C@H](CN)[C@H](O)C3)c2c1. The lowest BCUT2D eigenvalue weighted by molar-refractivity contribution is 0.144. The van der Waals surface area contributed by atoms with E-state index >= 15 is 0 Å². The van der Waals surface area contributed by atoms with Crippen molar-refractivity contribution >= 4 is 10.9 Å². The van der Waals surface area contributed by atoms with Crippen molar-refractivity contribution in [3.05, 3.63) is 35.5 Å². The Balaban J connectivity index is 1.86. The lowest BCUT2D eigenvalue weighted by Crippen LogP contribution is -2.26. The number of benzene rings is 1. The largest absolute Gasteiger partial charge is 0.497 e. The molecule has 1 aromatic carbocycles. The predicted molar refractivity (Wildman–Crippen MR) is 86.9 cm³/mol. The quantitative estimate of drug-likeness (QED) is 0.861. The predicted octanol–water partition coefficient (Wildman–Crippen LogP) is 1.32. The molecule has 0 amide bonds. The van der Waals surface area contributed by atoms with Crippen molar-refractivity contribution in [2.75, 3.05) is 33.3 Å². The lowest BCUT2D eigenvalue weighted by atomic mass is 10.0. The van der Waals surface area contributed by atoms with Crippen LogP contribution < -0.4 is 10.5 Å². The molecule has 0 radical (unpaired) electrons. The molecule has 2 atom stereocenters. The second-order valence-electron chi connectivity index (χ2n) is 6.16. The van der Waals surface area contributed by atoms with E-state index in [0.29, 0.717) is 49.3 Å². The van der Waals surface area contributed by atoms with Crippen LogP contribution in [0.3, 0.4) is 0 Å². The molecule has 0 spiro atoms. The smallest absolute Gasteiger partial charge is 0.153 e. The molecule has 1 aromatic heterocycles. The van der Waals surface area contributed by atoms with Gasteiger partial charge < -0.3 is 20.5 Å². The molecular weight excluding hydrogens is 316 g/mol. The number of β-amino-alcohol motifs (C(OH)–C–C–N with tert-alkyl or cyclic N) is 1. The molecule has 7 heteroatoms. The van der Waals surface area contributed by atoms with E-state index in [1.165, 1.54) is 13.2 Å². The van der Waals surface area contributed by atoms with Crippen LogP contribution in [0.2, 0.25) is 0 Å². The van der Waals surface area contributed by atoms with Gasteiger partial charge in [-0.3, -0.25) is 4.98 Å². The van der Waals surface area contributed by atoms with Crippen LogP contribution in [-0.2, 0) is 6.42 Å². The number of aromatic nitrogens is 1. The summed E-state index contributed by atoms with van der Waals surface area (Å²) in [5.74, 6) is -0.634. The molecule has 130 valence electrons. The van der Waals surface area contributed by atoms with Crippen LogP contribution >= 0.6 is 0 Å². The number of hydrogen-bond donors (Lipinski definition) is 2. The minimum atomic E-state index is -0.537. The number of likely N-dealkylation sites (tertiary alicyclic amines) is 1. The number of aliphatic hydroxyl groups excluding tert-OH is 1. The Labute approximate surface area is 139 Å². The first-order chi connectivity index (χ1) is 11.5. The van der Waals surface area contributed by atoms with Crippen molar-refractivity contribution < 1.29 is 18.6 Å². The average molecular weight is 337 g/mol. The summed E-state index contributed by atoms with van der Waals surface area (Å²) in [6.45, 7) is 2.18. The molecule has 24 heavy (non-hydrogen) atoms. The summed E-state index contributed by atoms with van der Waals surface area (Å²) in [5.41, 5.74) is 6.17. The number of halogens is 2. The van der Waals surface area contributed by atoms with Gasteiger partial charge in [-0.15, -0.1) is 0 Å². The number of nitrogens with zero attached hydrogens (tertiary/aromatic N) is 2. The van der Waals surface area contributed by atoms with E-state index in [4.69, 9.17) is 10.5 Å². The first kappa shape index (κ1) is 17.0. The summed E-state index contributed by atoms with van der Waals surface area (Å²) in [7, 11) is 1.44. The van der Waals surface area contributed by atoms with Gasteiger partial charge >= 0.3 is 0 Å². The summed E-state index contributed by atoms with van der Waals surface area (Å²) < 4.78 is 33.5. The molecule has 5 nitrogen and oxygen atoms in total. The Morgan fingerprint density at radius 3 is 2.79 bits per heavy atom. The van der Waals surface area contributed by atoms with Gasteiger partial charge in [-0.1, -0.05) is 0 Å². The Kier molecular flexibility index (Phi) is 4.93. The van der Waals surface area contributed by atoms with Gasteiger partial charge in [0.25, 0.3) is 0 Å². The number of pyridine rings is 1. The van der Waals surface area contributed by atoms with Crippen LogP contribution in [0.5, 0.6) is 5.75 Å². The van der Waals surface area contributed by atoms with E-state index in [2.05, 4.69) is 4.98 Å². The van der Waals surface area contributed by atoms with Gasteiger partial charge in [0.15, 0.2) is 5.82 Å². The first-order valence-corrected chi connectivity index (χ1v) is 7.94. The standard InChI is InChI=1S/C17H21F2N3O2/c1-24-11-4-13-12(15(19)7-21-17(13)14(18)5-11)2-3-22-8-10(6-20)16(23)9-22/h4-5,7,10,16,23H,2-3,6,8-9,20H2,1H3/t10-,16+/m0/s1.